The molecule has 0 heterocycles. The van der Waals surface area contributed by atoms with Crippen molar-refractivity contribution >= 4 is 5.78 Å². The minimum atomic E-state index is -0.469. The van der Waals surface area contributed by atoms with E-state index in [1.807, 2.05) is 0 Å². The Morgan fingerprint density at radius 3 is 2.29 bits per heavy atom. The molecule has 0 radical (unpaired) electrons. The maximum absolute atomic E-state index is 12.6. The summed E-state index contributed by atoms with van der Waals surface area (Å²) < 4.78 is 0. The summed E-state index contributed by atoms with van der Waals surface area (Å²) >= 11 is 0. The molecule has 2 aliphatic carbocycles. The van der Waals surface area contributed by atoms with Gasteiger partial charge in [-0.15, -0.1) is 0 Å². The Kier molecular flexibility index (Phi) is 3.92. The van der Waals surface area contributed by atoms with Gasteiger partial charge in [-0.25, -0.2) is 0 Å². The minimum Gasteiger partial charge on any atom is -0.319 e. The molecule has 2 heteroatoms. The van der Waals surface area contributed by atoms with E-state index in [9.17, 15) is 4.79 Å². The van der Waals surface area contributed by atoms with E-state index in [0.717, 1.165) is 44.4 Å². The average Bonchev–Trinajstić information content (AvgIpc) is 2.33. The molecule has 0 amide bonds. The number of hydrogen-bond acceptors (Lipinski definition) is 2. The van der Waals surface area contributed by atoms with Gasteiger partial charge in [-0.05, 0) is 43.9 Å². The van der Waals surface area contributed by atoms with Crippen LogP contribution in [0.2, 0.25) is 0 Å². The van der Waals surface area contributed by atoms with Gasteiger partial charge >= 0.3 is 0 Å². The number of hydrogen-bond donors (Lipinski definition) is 1. The zero-order valence-corrected chi connectivity index (χ0v) is 11.4. The van der Waals surface area contributed by atoms with Crippen LogP contribution in [0.5, 0.6) is 0 Å². The molecule has 2 fully saturated rings. The smallest absolute Gasteiger partial charge is 0.155 e. The molecule has 0 aliphatic heterocycles. The molecular formula is C15H27NO. The van der Waals surface area contributed by atoms with Crippen molar-refractivity contribution < 1.29 is 4.79 Å². The van der Waals surface area contributed by atoms with E-state index in [1.54, 1.807) is 0 Å². The highest BCUT2D eigenvalue weighted by molar-refractivity contribution is 5.90. The number of carbonyl (C=O) groups excluding carboxylic acids is 1. The molecule has 0 saturated heterocycles. The van der Waals surface area contributed by atoms with Crippen molar-refractivity contribution in [3.05, 3.63) is 0 Å². The van der Waals surface area contributed by atoms with Crippen molar-refractivity contribution in [3.63, 3.8) is 0 Å². The summed E-state index contributed by atoms with van der Waals surface area (Å²) in [4.78, 5) is 12.6. The van der Waals surface area contributed by atoms with E-state index < -0.39 is 5.54 Å². The molecule has 2 aliphatic rings. The van der Waals surface area contributed by atoms with Gasteiger partial charge in [0.2, 0.25) is 0 Å². The Labute approximate surface area is 105 Å². The fourth-order valence-corrected chi connectivity index (χ4v) is 3.62. The standard InChI is InChI=1S/C15H27NO/c1-11-6-7-13(10-12(11)2)14(17)15(16)8-4-3-5-9-15/h11-13H,3-10,16H2,1-2H3. The molecule has 0 bridgehead atoms. The first-order chi connectivity index (χ1) is 8.03. The van der Waals surface area contributed by atoms with Crippen LogP contribution in [0.15, 0.2) is 0 Å². The summed E-state index contributed by atoms with van der Waals surface area (Å²) in [6.07, 6.45) is 8.72. The molecule has 2 saturated carbocycles. The van der Waals surface area contributed by atoms with Crippen molar-refractivity contribution in [1.82, 2.24) is 0 Å². The quantitative estimate of drug-likeness (QED) is 0.801. The maximum atomic E-state index is 12.6. The summed E-state index contributed by atoms with van der Waals surface area (Å²) in [5.74, 6) is 2.10. The molecule has 2 nitrogen and oxygen atoms in total. The van der Waals surface area contributed by atoms with E-state index in [-0.39, 0.29) is 5.92 Å². The van der Waals surface area contributed by atoms with Crippen molar-refractivity contribution in [2.75, 3.05) is 0 Å². The van der Waals surface area contributed by atoms with Gasteiger partial charge in [-0.1, -0.05) is 33.1 Å². The highest BCUT2D eigenvalue weighted by Gasteiger charge is 2.41. The summed E-state index contributed by atoms with van der Waals surface area (Å²) in [7, 11) is 0. The Bertz CT molecular complexity index is 281. The van der Waals surface area contributed by atoms with E-state index in [4.69, 9.17) is 5.73 Å². The Balaban J connectivity index is 1.99. The molecular weight excluding hydrogens is 210 g/mol. The molecule has 3 atom stereocenters. The highest BCUT2D eigenvalue weighted by Crippen LogP contribution is 2.38. The molecule has 98 valence electrons. The van der Waals surface area contributed by atoms with Gasteiger partial charge < -0.3 is 5.73 Å². The monoisotopic (exact) mass is 237 g/mol. The second-order valence-electron chi connectivity index (χ2n) is 6.55. The normalized spacial score (nSPS) is 37.7. The summed E-state index contributed by atoms with van der Waals surface area (Å²) in [5.41, 5.74) is 5.89. The first-order valence-electron chi connectivity index (χ1n) is 7.36. The van der Waals surface area contributed by atoms with Crippen LogP contribution in [0, 0.1) is 17.8 Å². The third-order valence-electron chi connectivity index (χ3n) is 5.21. The van der Waals surface area contributed by atoms with E-state index in [0.29, 0.717) is 11.7 Å². The van der Waals surface area contributed by atoms with Crippen LogP contribution in [-0.2, 0) is 4.79 Å². The highest BCUT2D eigenvalue weighted by atomic mass is 16.1. The van der Waals surface area contributed by atoms with Crippen molar-refractivity contribution in [2.45, 2.75) is 70.8 Å². The summed E-state index contributed by atoms with van der Waals surface area (Å²) in [5, 5.41) is 0. The van der Waals surface area contributed by atoms with Gasteiger partial charge in [0.05, 0.1) is 5.54 Å². The van der Waals surface area contributed by atoms with Gasteiger partial charge in [0.1, 0.15) is 0 Å². The van der Waals surface area contributed by atoms with Crippen LogP contribution in [0.25, 0.3) is 0 Å². The predicted molar refractivity (Wildman–Crippen MR) is 70.7 cm³/mol. The lowest BCUT2D eigenvalue weighted by Crippen LogP contribution is -2.52. The second kappa shape index (κ2) is 5.09. The lowest BCUT2D eigenvalue weighted by atomic mass is 9.68. The van der Waals surface area contributed by atoms with E-state index in [1.165, 1.54) is 12.8 Å². The Morgan fingerprint density at radius 2 is 1.71 bits per heavy atom. The zero-order chi connectivity index (χ0) is 12.5. The molecule has 3 unspecified atom stereocenters. The molecule has 0 spiro atoms. The number of nitrogens with two attached hydrogens (primary N) is 1. The molecule has 2 N–H and O–H groups in total. The number of rotatable bonds is 2. The van der Waals surface area contributed by atoms with Crippen LogP contribution in [0.3, 0.4) is 0 Å². The van der Waals surface area contributed by atoms with Crippen molar-refractivity contribution in [3.8, 4) is 0 Å². The first kappa shape index (κ1) is 13.1. The van der Waals surface area contributed by atoms with Crippen LogP contribution in [0.1, 0.15) is 65.2 Å². The number of ketones is 1. The van der Waals surface area contributed by atoms with Crippen molar-refractivity contribution in [1.29, 1.82) is 0 Å². The molecule has 17 heavy (non-hydrogen) atoms. The first-order valence-corrected chi connectivity index (χ1v) is 7.36. The third kappa shape index (κ3) is 2.73. The van der Waals surface area contributed by atoms with Crippen LogP contribution >= 0.6 is 0 Å². The van der Waals surface area contributed by atoms with E-state index in [2.05, 4.69) is 13.8 Å². The van der Waals surface area contributed by atoms with Gasteiger partial charge in [0.25, 0.3) is 0 Å². The summed E-state index contributed by atoms with van der Waals surface area (Å²) in [6, 6.07) is 0. The average molecular weight is 237 g/mol. The number of Topliss-reactive ketones (excluding diaryl/α,β-unsaturated/α-hetero) is 1. The topological polar surface area (TPSA) is 43.1 Å². The summed E-state index contributed by atoms with van der Waals surface area (Å²) in [6.45, 7) is 4.60. The lowest BCUT2D eigenvalue weighted by Gasteiger charge is -2.38. The third-order valence-corrected chi connectivity index (χ3v) is 5.21. The van der Waals surface area contributed by atoms with Gasteiger partial charge in [-0.2, -0.15) is 0 Å². The SMILES string of the molecule is CC1CCC(C(=O)C2(N)CCCCC2)CC1C. The Morgan fingerprint density at radius 1 is 1.06 bits per heavy atom. The molecule has 0 aromatic rings. The zero-order valence-electron chi connectivity index (χ0n) is 11.4. The minimum absolute atomic E-state index is 0.254. The Hall–Kier alpha value is -0.370. The van der Waals surface area contributed by atoms with Gasteiger partial charge in [0.15, 0.2) is 5.78 Å². The number of carbonyl (C=O) groups is 1. The predicted octanol–water partition coefficient (Wildman–Crippen LogP) is 3.29. The van der Waals surface area contributed by atoms with E-state index >= 15 is 0 Å². The van der Waals surface area contributed by atoms with Gasteiger partial charge in [-0.3, -0.25) is 4.79 Å². The lowest BCUT2D eigenvalue weighted by molar-refractivity contribution is -0.131. The fourth-order valence-electron chi connectivity index (χ4n) is 3.62. The second-order valence-corrected chi connectivity index (χ2v) is 6.55. The van der Waals surface area contributed by atoms with Crippen LogP contribution in [-0.4, -0.2) is 11.3 Å². The molecule has 0 aromatic heterocycles. The van der Waals surface area contributed by atoms with Crippen LogP contribution < -0.4 is 5.73 Å². The van der Waals surface area contributed by atoms with Crippen molar-refractivity contribution in [2.24, 2.45) is 23.5 Å². The van der Waals surface area contributed by atoms with Crippen LogP contribution in [0.4, 0.5) is 0 Å². The fraction of sp³-hybridized carbons (Fsp3) is 0.933. The van der Waals surface area contributed by atoms with Gasteiger partial charge in [0, 0.05) is 5.92 Å². The molecule has 2 rings (SSSR count). The largest absolute Gasteiger partial charge is 0.319 e. The molecule has 0 aromatic carbocycles. The maximum Gasteiger partial charge on any atom is 0.155 e.